The minimum atomic E-state index is 0.122. The number of likely N-dealkylation sites (tertiary alicyclic amines) is 1. The third-order valence-corrected chi connectivity index (χ3v) is 6.02. The summed E-state index contributed by atoms with van der Waals surface area (Å²) in [4.78, 5) is 19.0. The maximum Gasteiger partial charge on any atom is 0.222 e. The van der Waals surface area contributed by atoms with E-state index in [9.17, 15) is 4.79 Å². The molecular weight excluding hydrogens is 326 g/mol. The second-order valence-corrected chi connectivity index (χ2v) is 7.59. The number of nitrogens with zero attached hydrogens (tertiary/aromatic N) is 3. The summed E-state index contributed by atoms with van der Waals surface area (Å²) in [5.74, 6) is 1.19. The van der Waals surface area contributed by atoms with Gasteiger partial charge in [-0.15, -0.1) is 0 Å². The van der Waals surface area contributed by atoms with E-state index in [-0.39, 0.29) is 11.4 Å². The molecule has 1 unspecified atom stereocenters. The van der Waals surface area contributed by atoms with Crippen LogP contribution in [0.3, 0.4) is 0 Å². The average Bonchev–Trinajstić information content (AvgIpc) is 2.80. The van der Waals surface area contributed by atoms with Crippen molar-refractivity contribution in [2.45, 2.75) is 24.8 Å². The predicted molar refractivity (Wildman–Crippen MR) is 105 cm³/mol. The highest BCUT2D eigenvalue weighted by Gasteiger charge is 2.41. The summed E-state index contributed by atoms with van der Waals surface area (Å²) in [5.41, 5.74) is 1.23. The number of para-hydroxylation sites is 1. The van der Waals surface area contributed by atoms with Crippen LogP contribution in [0.5, 0.6) is 5.75 Å². The van der Waals surface area contributed by atoms with E-state index in [1.54, 1.807) is 7.11 Å². The summed E-state index contributed by atoms with van der Waals surface area (Å²) in [6.45, 7) is 4.94. The van der Waals surface area contributed by atoms with E-state index in [4.69, 9.17) is 4.74 Å². The molecule has 2 aliphatic heterocycles. The van der Waals surface area contributed by atoms with Crippen molar-refractivity contribution >= 4 is 12.0 Å². The van der Waals surface area contributed by atoms with Gasteiger partial charge in [-0.3, -0.25) is 14.6 Å². The summed E-state index contributed by atoms with van der Waals surface area (Å²) in [6.07, 6.45) is 7.04. The standard InChI is InChI=1S/C21H31N3O2/c1-22-14-12-21(11-10-20(22)25)17-24(16-15-23(21)2)13-6-8-18-7-4-5-9-19(18)26-3/h4-9H,10-17H2,1-3H3. The van der Waals surface area contributed by atoms with Crippen molar-refractivity contribution in [3.63, 3.8) is 0 Å². The van der Waals surface area contributed by atoms with E-state index >= 15 is 0 Å². The summed E-state index contributed by atoms with van der Waals surface area (Å²) in [5, 5.41) is 0. The molecule has 2 saturated heterocycles. The van der Waals surface area contributed by atoms with Gasteiger partial charge in [0.05, 0.1) is 7.11 Å². The van der Waals surface area contributed by atoms with Gasteiger partial charge in [-0.25, -0.2) is 0 Å². The minimum absolute atomic E-state index is 0.122. The number of carbonyl (C=O) groups is 1. The maximum absolute atomic E-state index is 12.1. The molecule has 2 aliphatic rings. The number of likely N-dealkylation sites (N-methyl/N-ethyl adjacent to an activating group) is 1. The van der Waals surface area contributed by atoms with Crippen LogP contribution in [-0.4, -0.2) is 80.1 Å². The Morgan fingerprint density at radius 2 is 1.96 bits per heavy atom. The van der Waals surface area contributed by atoms with E-state index in [1.807, 2.05) is 30.1 Å². The van der Waals surface area contributed by atoms with Gasteiger partial charge < -0.3 is 9.64 Å². The zero-order valence-corrected chi connectivity index (χ0v) is 16.3. The van der Waals surface area contributed by atoms with Crippen molar-refractivity contribution < 1.29 is 9.53 Å². The molecule has 142 valence electrons. The van der Waals surface area contributed by atoms with Crippen LogP contribution in [0.4, 0.5) is 0 Å². The minimum Gasteiger partial charge on any atom is -0.496 e. The number of methoxy groups -OCH3 is 1. The van der Waals surface area contributed by atoms with Crippen LogP contribution < -0.4 is 4.74 Å². The molecule has 0 saturated carbocycles. The SMILES string of the molecule is COc1ccccc1C=CCN1CCN(C)C2(CCC(=O)N(C)CC2)C1. The molecule has 5 heteroatoms. The molecule has 3 rings (SSSR count). The first-order valence-electron chi connectivity index (χ1n) is 9.51. The molecule has 26 heavy (non-hydrogen) atoms. The fourth-order valence-corrected chi connectivity index (χ4v) is 4.13. The number of ether oxygens (including phenoxy) is 1. The molecule has 1 aromatic rings. The summed E-state index contributed by atoms with van der Waals surface area (Å²) in [6, 6.07) is 8.09. The maximum atomic E-state index is 12.1. The molecule has 0 aliphatic carbocycles. The lowest BCUT2D eigenvalue weighted by Gasteiger charge is -2.49. The normalized spacial score (nSPS) is 25.8. The highest BCUT2D eigenvalue weighted by molar-refractivity contribution is 5.76. The molecule has 0 bridgehead atoms. The fourth-order valence-electron chi connectivity index (χ4n) is 4.13. The van der Waals surface area contributed by atoms with E-state index < -0.39 is 0 Å². The number of carbonyl (C=O) groups excluding carboxylic acids is 1. The van der Waals surface area contributed by atoms with E-state index in [2.05, 4.69) is 35.1 Å². The zero-order valence-electron chi connectivity index (χ0n) is 16.3. The molecule has 0 aromatic heterocycles. The van der Waals surface area contributed by atoms with Gasteiger partial charge in [0.15, 0.2) is 0 Å². The lowest BCUT2D eigenvalue weighted by atomic mass is 9.86. The molecule has 1 atom stereocenters. The van der Waals surface area contributed by atoms with E-state index in [0.717, 1.165) is 56.9 Å². The highest BCUT2D eigenvalue weighted by atomic mass is 16.5. The summed E-state index contributed by atoms with van der Waals surface area (Å²) in [7, 11) is 5.86. The lowest BCUT2D eigenvalue weighted by Crippen LogP contribution is -2.61. The van der Waals surface area contributed by atoms with Gasteiger partial charge in [0.2, 0.25) is 5.91 Å². The Hall–Kier alpha value is -1.85. The Labute approximate surface area is 157 Å². The van der Waals surface area contributed by atoms with Crippen molar-refractivity contribution in [3.8, 4) is 5.75 Å². The Bertz CT molecular complexity index is 660. The van der Waals surface area contributed by atoms with Crippen LogP contribution in [0.2, 0.25) is 0 Å². The molecular formula is C21H31N3O2. The molecule has 2 heterocycles. The number of hydrogen-bond acceptors (Lipinski definition) is 4. The molecule has 1 aromatic carbocycles. The van der Waals surface area contributed by atoms with Gasteiger partial charge in [0.25, 0.3) is 0 Å². The van der Waals surface area contributed by atoms with Gasteiger partial charge in [0, 0.05) is 57.3 Å². The second kappa shape index (κ2) is 8.23. The summed E-state index contributed by atoms with van der Waals surface area (Å²) < 4.78 is 5.42. The van der Waals surface area contributed by atoms with Gasteiger partial charge in [-0.1, -0.05) is 30.4 Å². The van der Waals surface area contributed by atoms with Gasteiger partial charge in [0.1, 0.15) is 5.75 Å². The van der Waals surface area contributed by atoms with Crippen LogP contribution in [0.15, 0.2) is 30.3 Å². The largest absolute Gasteiger partial charge is 0.496 e. The number of hydrogen-bond donors (Lipinski definition) is 0. The quantitative estimate of drug-likeness (QED) is 0.829. The molecule has 5 nitrogen and oxygen atoms in total. The zero-order chi connectivity index (χ0) is 18.6. The van der Waals surface area contributed by atoms with Crippen molar-refractivity contribution in [1.82, 2.24) is 14.7 Å². The highest BCUT2D eigenvalue weighted by Crippen LogP contribution is 2.31. The third-order valence-electron chi connectivity index (χ3n) is 6.02. The Morgan fingerprint density at radius 1 is 1.15 bits per heavy atom. The van der Waals surface area contributed by atoms with Gasteiger partial charge in [-0.05, 0) is 26.0 Å². The molecule has 1 amide bonds. The molecule has 0 radical (unpaired) electrons. The van der Waals surface area contributed by atoms with Crippen molar-refractivity contribution in [1.29, 1.82) is 0 Å². The fraction of sp³-hybridized carbons (Fsp3) is 0.571. The van der Waals surface area contributed by atoms with Gasteiger partial charge >= 0.3 is 0 Å². The predicted octanol–water partition coefficient (Wildman–Crippen LogP) is 2.34. The monoisotopic (exact) mass is 357 g/mol. The first kappa shape index (κ1) is 18.9. The first-order chi connectivity index (χ1) is 12.5. The average molecular weight is 357 g/mol. The molecule has 1 spiro atoms. The van der Waals surface area contributed by atoms with Crippen LogP contribution in [0.1, 0.15) is 24.8 Å². The second-order valence-electron chi connectivity index (χ2n) is 7.59. The number of benzene rings is 1. The van der Waals surface area contributed by atoms with Crippen molar-refractivity contribution in [3.05, 3.63) is 35.9 Å². The Morgan fingerprint density at radius 3 is 2.77 bits per heavy atom. The van der Waals surface area contributed by atoms with E-state index in [0.29, 0.717) is 6.42 Å². The van der Waals surface area contributed by atoms with Crippen molar-refractivity contribution in [2.75, 3.05) is 53.9 Å². The van der Waals surface area contributed by atoms with Crippen LogP contribution in [0.25, 0.3) is 6.08 Å². The van der Waals surface area contributed by atoms with E-state index in [1.165, 1.54) is 0 Å². The first-order valence-corrected chi connectivity index (χ1v) is 9.51. The number of rotatable bonds is 4. The Kier molecular flexibility index (Phi) is 5.99. The van der Waals surface area contributed by atoms with Crippen LogP contribution >= 0.6 is 0 Å². The molecule has 2 fully saturated rings. The van der Waals surface area contributed by atoms with Crippen molar-refractivity contribution in [2.24, 2.45) is 0 Å². The molecule has 0 N–H and O–H groups in total. The van der Waals surface area contributed by atoms with Gasteiger partial charge in [-0.2, -0.15) is 0 Å². The summed E-state index contributed by atoms with van der Waals surface area (Å²) >= 11 is 0. The van der Waals surface area contributed by atoms with Crippen LogP contribution in [-0.2, 0) is 4.79 Å². The lowest BCUT2D eigenvalue weighted by molar-refractivity contribution is -0.129. The number of piperazine rings is 1. The Balaban J connectivity index is 1.64. The third kappa shape index (κ3) is 4.10. The smallest absolute Gasteiger partial charge is 0.222 e. The topological polar surface area (TPSA) is 36.0 Å². The number of amides is 1. The van der Waals surface area contributed by atoms with Crippen LogP contribution in [0, 0.1) is 0 Å².